The van der Waals surface area contributed by atoms with E-state index in [1.54, 1.807) is 7.11 Å². The number of methoxy groups -OCH3 is 1. The summed E-state index contributed by atoms with van der Waals surface area (Å²) >= 11 is 0. The number of para-hydroxylation sites is 1. The Morgan fingerprint density at radius 3 is 2.29 bits per heavy atom. The third kappa shape index (κ3) is 2.85. The van der Waals surface area contributed by atoms with E-state index in [9.17, 15) is 0 Å². The molecule has 2 nitrogen and oxygen atoms in total. The highest BCUT2D eigenvalue weighted by Gasteiger charge is 2.46. The van der Waals surface area contributed by atoms with Crippen LogP contribution in [0.15, 0.2) is 116 Å². The second kappa shape index (κ2) is 8.00. The fraction of sp³-hybridized carbons (Fsp3) is 0.0938. The smallest absolute Gasteiger partial charge is 0.118 e. The maximum atomic E-state index is 5.42. The summed E-state index contributed by atoms with van der Waals surface area (Å²) in [6, 6.07) is 36.4. The van der Waals surface area contributed by atoms with Crippen molar-refractivity contribution in [3.05, 3.63) is 132 Å². The van der Waals surface area contributed by atoms with E-state index in [2.05, 4.69) is 104 Å². The molecule has 164 valence electrons. The summed E-state index contributed by atoms with van der Waals surface area (Å²) < 4.78 is 5.42. The molecule has 1 aliphatic carbocycles. The molecule has 0 N–H and O–H groups in total. The molecule has 0 bridgehead atoms. The Hall–Kier alpha value is -4.17. The Kier molecular flexibility index (Phi) is 4.81. The van der Waals surface area contributed by atoms with Crippen molar-refractivity contribution in [2.24, 2.45) is 0 Å². The number of ether oxygens (including phenoxy) is 1. The predicted octanol–water partition coefficient (Wildman–Crippen LogP) is 7.80. The van der Waals surface area contributed by atoms with Crippen molar-refractivity contribution in [1.82, 2.24) is 4.98 Å². The van der Waals surface area contributed by atoms with Crippen LogP contribution in [0, 0.1) is 0 Å². The predicted molar refractivity (Wildman–Crippen MR) is 140 cm³/mol. The first kappa shape index (κ1) is 20.4. The average Bonchev–Trinajstić information content (AvgIpc) is 3.21. The van der Waals surface area contributed by atoms with Crippen LogP contribution in [0.3, 0.4) is 0 Å². The van der Waals surface area contributed by atoms with Gasteiger partial charge in [0.1, 0.15) is 5.75 Å². The van der Waals surface area contributed by atoms with Gasteiger partial charge in [0.05, 0.1) is 23.7 Å². The summed E-state index contributed by atoms with van der Waals surface area (Å²) in [4.78, 5) is 5.22. The van der Waals surface area contributed by atoms with Gasteiger partial charge in [-0.2, -0.15) is 0 Å². The van der Waals surface area contributed by atoms with Gasteiger partial charge >= 0.3 is 0 Å². The Bertz CT molecular complexity index is 1520. The standard InChI is InChI=1S/C32H25NO/c1-3-21-32(23-11-5-4-6-12-23)27-15-9-7-13-25(27)29-30(32)26-14-8-10-16-28(26)33-31(29)22-17-19-24(34-2)20-18-22/h3-20H,1,21H2,2H3. The number of rotatable bonds is 5. The van der Waals surface area contributed by atoms with E-state index in [-0.39, 0.29) is 5.41 Å². The van der Waals surface area contributed by atoms with Crippen molar-refractivity contribution >= 4 is 10.9 Å². The van der Waals surface area contributed by atoms with Gasteiger partial charge in [-0.1, -0.05) is 78.9 Å². The molecule has 5 aromatic rings. The number of allylic oxidation sites excluding steroid dienone is 1. The third-order valence-electron chi connectivity index (χ3n) is 7.06. The Balaban J connectivity index is 1.80. The van der Waals surface area contributed by atoms with Gasteiger partial charge in [-0.15, -0.1) is 6.58 Å². The van der Waals surface area contributed by atoms with Crippen LogP contribution in [0.1, 0.15) is 23.1 Å². The number of benzene rings is 4. The van der Waals surface area contributed by atoms with E-state index >= 15 is 0 Å². The van der Waals surface area contributed by atoms with E-state index in [0.29, 0.717) is 0 Å². The number of hydrogen-bond donors (Lipinski definition) is 0. The van der Waals surface area contributed by atoms with Crippen molar-refractivity contribution < 1.29 is 4.74 Å². The Labute approximate surface area is 200 Å². The normalized spacial score (nSPS) is 16.1. The Morgan fingerprint density at radius 2 is 1.53 bits per heavy atom. The molecule has 0 spiro atoms. The number of aromatic nitrogens is 1. The van der Waals surface area contributed by atoms with Crippen LogP contribution in [0.4, 0.5) is 0 Å². The lowest BCUT2D eigenvalue weighted by Gasteiger charge is -2.33. The monoisotopic (exact) mass is 439 g/mol. The van der Waals surface area contributed by atoms with Crippen LogP contribution < -0.4 is 4.74 Å². The van der Waals surface area contributed by atoms with Gasteiger partial charge in [-0.05, 0) is 59.0 Å². The lowest BCUT2D eigenvalue weighted by Crippen LogP contribution is -2.26. The SMILES string of the molecule is C=CCC1(c2ccccc2)c2ccccc2-c2c(-c3ccc(OC)cc3)nc3ccccc3c21. The van der Waals surface area contributed by atoms with E-state index < -0.39 is 0 Å². The van der Waals surface area contributed by atoms with Crippen LogP contribution in [0.25, 0.3) is 33.3 Å². The highest BCUT2D eigenvalue weighted by atomic mass is 16.5. The molecular weight excluding hydrogens is 414 g/mol. The highest BCUT2D eigenvalue weighted by molar-refractivity contribution is 6.02. The molecule has 1 unspecified atom stereocenters. The van der Waals surface area contributed by atoms with Gasteiger partial charge < -0.3 is 4.74 Å². The molecule has 34 heavy (non-hydrogen) atoms. The van der Waals surface area contributed by atoms with E-state index in [0.717, 1.165) is 28.9 Å². The van der Waals surface area contributed by atoms with Gasteiger partial charge in [0.25, 0.3) is 0 Å². The first-order valence-corrected chi connectivity index (χ1v) is 11.6. The van der Waals surface area contributed by atoms with Crippen molar-refractivity contribution in [1.29, 1.82) is 0 Å². The van der Waals surface area contributed by atoms with Gasteiger partial charge in [-0.25, -0.2) is 4.98 Å². The van der Waals surface area contributed by atoms with Crippen LogP contribution in [0.2, 0.25) is 0 Å². The zero-order valence-electron chi connectivity index (χ0n) is 19.2. The number of hydrogen-bond acceptors (Lipinski definition) is 2. The molecular formula is C32H25NO. The van der Waals surface area contributed by atoms with Crippen LogP contribution in [-0.2, 0) is 5.41 Å². The van der Waals surface area contributed by atoms with E-state index in [1.165, 1.54) is 33.2 Å². The lowest BCUT2D eigenvalue weighted by molar-refractivity contribution is 0.415. The highest BCUT2D eigenvalue weighted by Crippen LogP contribution is 2.58. The molecule has 0 aliphatic heterocycles. The largest absolute Gasteiger partial charge is 0.497 e. The molecule has 0 fully saturated rings. The topological polar surface area (TPSA) is 22.1 Å². The quantitative estimate of drug-likeness (QED) is 0.261. The van der Waals surface area contributed by atoms with Gasteiger partial charge in [0, 0.05) is 16.5 Å². The molecule has 0 saturated heterocycles. The third-order valence-corrected chi connectivity index (χ3v) is 7.06. The summed E-state index contributed by atoms with van der Waals surface area (Å²) in [5.41, 5.74) is 9.12. The van der Waals surface area contributed by atoms with Crippen molar-refractivity contribution in [2.75, 3.05) is 7.11 Å². The number of fused-ring (bicyclic) bond motifs is 5. The molecule has 2 heteroatoms. The molecule has 0 saturated carbocycles. The maximum Gasteiger partial charge on any atom is 0.118 e. The second-order valence-corrected chi connectivity index (χ2v) is 8.77. The Morgan fingerprint density at radius 1 is 0.824 bits per heavy atom. The van der Waals surface area contributed by atoms with Gasteiger partial charge in [0.2, 0.25) is 0 Å². The molecule has 4 aromatic carbocycles. The molecule has 1 aromatic heterocycles. The summed E-state index contributed by atoms with van der Waals surface area (Å²) in [7, 11) is 1.70. The fourth-order valence-corrected chi connectivity index (χ4v) is 5.65. The zero-order valence-corrected chi connectivity index (χ0v) is 19.2. The summed E-state index contributed by atoms with van der Waals surface area (Å²) in [6.45, 7) is 4.19. The first-order valence-electron chi connectivity index (χ1n) is 11.6. The number of nitrogens with zero attached hydrogens (tertiary/aromatic N) is 1. The molecule has 1 aliphatic rings. The summed E-state index contributed by atoms with van der Waals surface area (Å²) in [5, 5.41) is 1.19. The molecule has 0 radical (unpaired) electrons. The van der Waals surface area contributed by atoms with E-state index in [1.807, 2.05) is 12.1 Å². The zero-order chi connectivity index (χ0) is 23.1. The van der Waals surface area contributed by atoms with Crippen molar-refractivity contribution in [2.45, 2.75) is 11.8 Å². The minimum Gasteiger partial charge on any atom is -0.497 e. The minimum atomic E-state index is -0.335. The molecule has 1 atom stereocenters. The van der Waals surface area contributed by atoms with Gasteiger partial charge in [0.15, 0.2) is 0 Å². The second-order valence-electron chi connectivity index (χ2n) is 8.77. The van der Waals surface area contributed by atoms with E-state index in [4.69, 9.17) is 9.72 Å². The fourth-order valence-electron chi connectivity index (χ4n) is 5.65. The molecule has 1 heterocycles. The molecule has 0 amide bonds. The first-order chi connectivity index (χ1) is 16.8. The van der Waals surface area contributed by atoms with Crippen LogP contribution in [-0.4, -0.2) is 12.1 Å². The number of pyridine rings is 1. The minimum absolute atomic E-state index is 0.335. The molecule has 6 rings (SSSR count). The summed E-state index contributed by atoms with van der Waals surface area (Å²) in [6.07, 6.45) is 2.86. The maximum absolute atomic E-state index is 5.42. The van der Waals surface area contributed by atoms with Crippen LogP contribution >= 0.6 is 0 Å². The van der Waals surface area contributed by atoms with Gasteiger partial charge in [-0.3, -0.25) is 0 Å². The van der Waals surface area contributed by atoms with Crippen molar-refractivity contribution in [3.8, 4) is 28.1 Å². The van der Waals surface area contributed by atoms with Crippen LogP contribution in [0.5, 0.6) is 5.75 Å². The van der Waals surface area contributed by atoms with Crippen molar-refractivity contribution in [3.63, 3.8) is 0 Å². The summed E-state index contributed by atoms with van der Waals surface area (Å²) in [5.74, 6) is 0.840. The lowest BCUT2D eigenvalue weighted by atomic mass is 9.69. The average molecular weight is 440 g/mol.